The highest BCUT2D eigenvalue weighted by Crippen LogP contribution is 2.14. The van der Waals surface area contributed by atoms with E-state index in [1.807, 2.05) is 37.3 Å². The van der Waals surface area contributed by atoms with Crippen molar-refractivity contribution in [3.05, 3.63) is 52.4 Å². The van der Waals surface area contributed by atoms with E-state index in [9.17, 15) is 0 Å². The summed E-state index contributed by atoms with van der Waals surface area (Å²) in [5, 5.41) is 0.719. The molecule has 0 saturated heterocycles. The largest absolute Gasteiger partial charge is 0.308 e. The van der Waals surface area contributed by atoms with Gasteiger partial charge in [0.1, 0.15) is 11.6 Å². The normalized spacial score (nSPS) is 10.4. The number of benzene rings is 1. The topological polar surface area (TPSA) is 63.8 Å². The van der Waals surface area contributed by atoms with E-state index in [1.165, 1.54) is 0 Å². The molecule has 5 heteroatoms. The molecule has 0 radical (unpaired) electrons. The average molecular weight is 263 g/mol. The lowest BCUT2D eigenvalue weighted by molar-refractivity contribution is 0.905. The lowest BCUT2D eigenvalue weighted by Crippen LogP contribution is -2.11. The van der Waals surface area contributed by atoms with Crippen LogP contribution in [0, 0.1) is 0 Å². The molecule has 18 heavy (non-hydrogen) atoms. The fraction of sp³-hybridized carbons (Fsp3) is 0.231. The van der Waals surface area contributed by atoms with Gasteiger partial charge >= 0.3 is 0 Å². The van der Waals surface area contributed by atoms with Crippen LogP contribution in [0.2, 0.25) is 5.02 Å². The van der Waals surface area contributed by atoms with Crippen molar-refractivity contribution in [1.29, 1.82) is 0 Å². The van der Waals surface area contributed by atoms with Gasteiger partial charge in [0, 0.05) is 23.2 Å². The number of hydrogen-bond donors (Lipinski definition) is 2. The molecule has 1 aromatic carbocycles. The monoisotopic (exact) mass is 262 g/mol. The van der Waals surface area contributed by atoms with E-state index in [0.29, 0.717) is 12.2 Å². The number of hydrogen-bond acceptors (Lipinski definition) is 4. The minimum atomic E-state index is 0.638. The quantitative estimate of drug-likeness (QED) is 0.657. The Kier molecular flexibility index (Phi) is 4.12. The minimum absolute atomic E-state index is 0.638. The van der Waals surface area contributed by atoms with Gasteiger partial charge in [-0.05, 0) is 24.1 Å². The van der Waals surface area contributed by atoms with Gasteiger partial charge in [0.15, 0.2) is 0 Å². The van der Waals surface area contributed by atoms with Gasteiger partial charge in [0.25, 0.3) is 0 Å². The number of halogens is 1. The van der Waals surface area contributed by atoms with Crippen LogP contribution in [0.4, 0.5) is 5.82 Å². The van der Waals surface area contributed by atoms with Crippen molar-refractivity contribution < 1.29 is 0 Å². The second kappa shape index (κ2) is 5.80. The van der Waals surface area contributed by atoms with Crippen LogP contribution in [0.1, 0.15) is 24.0 Å². The standard InChI is InChI=1S/C13H15ClN4/c1-2-11-8-13(18-15)17-12(16-11)7-9-4-3-5-10(14)6-9/h3-6,8H,2,7,15H2,1H3,(H,16,17,18). The maximum Gasteiger partial charge on any atom is 0.143 e. The predicted molar refractivity (Wildman–Crippen MR) is 73.5 cm³/mol. The summed E-state index contributed by atoms with van der Waals surface area (Å²) in [4.78, 5) is 8.81. The highest BCUT2D eigenvalue weighted by molar-refractivity contribution is 6.30. The van der Waals surface area contributed by atoms with Crippen molar-refractivity contribution in [2.75, 3.05) is 5.43 Å². The van der Waals surface area contributed by atoms with Crippen molar-refractivity contribution in [1.82, 2.24) is 9.97 Å². The zero-order chi connectivity index (χ0) is 13.0. The highest BCUT2D eigenvalue weighted by Gasteiger charge is 2.04. The first-order valence-electron chi connectivity index (χ1n) is 5.79. The Hall–Kier alpha value is -1.65. The number of rotatable bonds is 4. The fourth-order valence-electron chi connectivity index (χ4n) is 1.72. The Bertz CT molecular complexity index is 520. The van der Waals surface area contributed by atoms with Gasteiger partial charge in [0.05, 0.1) is 0 Å². The van der Waals surface area contributed by atoms with Crippen molar-refractivity contribution in [2.45, 2.75) is 19.8 Å². The third-order valence-electron chi connectivity index (χ3n) is 2.59. The predicted octanol–water partition coefficient (Wildman–Crippen LogP) is 2.57. The number of nitrogen functional groups attached to an aromatic ring is 1. The highest BCUT2D eigenvalue weighted by atomic mass is 35.5. The number of aromatic nitrogens is 2. The van der Waals surface area contributed by atoms with Crippen LogP contribution >= 0.6 is 11.6 Å². The molecule has 1 heterocycles. The number of aryl methyl sites for hydroxylation is 1. The van der Waals surface area contributed by atoms with Crippen LogP contribution in [0.25, 0.3) is 0 Å². The Morgan fingerprint density at radius 2 is 2.11 bits per heavy atom. The van der Waals surface area contributed by atoms with E-state index in [0.717, 1.165) is 28.5 Å². The molecule has 0 unspecified atom stereocenters. The molecule has 0 aliphatic heterocycles. The first-order chi connectivity index (χ1) is 8.71. The molecule has 2 aromatic rings. The summed E-state index contributed by atoms with van der Waals surface area (Å²) < 4.78 is 0. The molecule has 3 N–H and O–H groups in total. The Balaban J connectivity index is 2.28. The van der Waals surface area contributed by atoms with E-state index < -0.39 is 0 Å². The summed E-state index contributed by atoms with van der Waals surface area (Å²) >= 11 is 5.96. The van der Waals surface area contributed by atoms with Gasteiger partial charge < -0.3 is 5.43 Å². The molecule has 0 atom stereocenters. The molecule has 94 valence electrons. The van der Waals surface area contributed by atoms with Crippen LogP contribution < -0.4 is 11.3 Å². The molecule has 0 spiro atoms. The molecule has 0 aliphatic rings. The van der Waals surface area contributed by atoms with Crippen molar-refractivity contribution in [2.24, 2.45) is 5.84 Å². The number of anilines is 1. The van der Waals surface area contributed by atoms with Gasteiger partial charge in [-0.2, -0.15) is 0 Å². The molecule has 0 fully saturated rings. The second-order valence-electron chi connectivity index (χ2n) is 3.97. The van der Waals surface area contributed by atoms with Crippen LogP contribution in [0.3, 0.4) is 0 Å². The molecule has 2 rings (SSSR count). The van der Waals surface area contributed by atoms with Crippen LogP contribution in [0.15, 0.2) is 30.3 Å². The maximum absolute atomic E-state index is 5.96. The molecule has 0 aliphatic carbocycles. The summed E-state index contributed by atoms with van der Waals surface area (Å²) in [6.45, 7) is 2.05. The third-order valence-corrected chi connectivity index (χ3v) is 2.82. The van der Waals surface area contributed by atoms with Gasteiger partial charge in [-0.3, -0.25) is 0 Å². The van der Waals surface area contributed by atoms with Gasteiger partial charge in [-0.25, -0.2) is 15.8 Å². The lowest BCUT2D eigenvalue weighted by atomic mass is 10.1. The molecule has 1 aromatic heterocycles. The smallest absolute Gasteiger partial charge is 0.143 e. The summed E-state index contributed by atoms with van der Waals surface area (Å²) in [5.74, 6) is 6.78. The zero-order valence-corrected chi connectivity index (χ0v) is 10.9. The minimum Gasteiger partial charge on any atom is -0.308 e. The van der Waals surface area contributed by atoms with Crippen molar-refractivity contribution >= 4 is 17.4 Å². The molecular weight excluding hydrogens is 248 g/mol. The molecular formula is C13H15ClN4. The summed E-state index contributed by atoms with van der Waals surface area (Å²) in [6, 6.07) is 9.54. The van der Waals surface area contributed by atoms with Gasteiger partial charge in [-0.15, -0.1) is 0 Å². The number of nitrogens with one attached hydrogen (secondary N) is 1. The van der Waals surface area contributed by atoms with E-state index in [1.54, 1.807) is 0 Å². The Labute approximate surface area is 111 Å². The third kappa shape index (κ3) is 3.18. The fourth-order valence-corrected chi connectivity index (χ4v) is 1.93. The van der Waals surface area contributed by atoms with E-state index in [2.05, 4.69) is 15.4 Å². The van der Waals surface area contributed by atoms with Crippen LogP contribution in [-0.2, 0) is 12.8 Å². The number of nitrogens with two attached hydrogens (primary N) is 1. The number of hydrazine groups is 1. The average Bonchev–Trinajstić information content (AvgIpc) is 2.38. The molecule has 0 bridgehead atoms. The van der Waals surface area contributed by atoms with E-state index in [4.69, 9.17) is 17.4 Å². The second-order valence-corrected chi connectivity index (χ2v) is 4.40. The summed E-state index contributed by atoms with van der Waals surface area (Å²) in [6.07, 6.45) is 1.49. The zero-order valence-electron chi connectivity index (χ0n) is 10.2. The van der Waals surface area contributed by atoms with Gasteiger partial charge in [-0.1, -0.05) is 30.7 Å². The molecule has 4 nitrogen and oxygen atoms in total. The van der Waals surface area contributed by atoms with E-state index in [-0.39, 0.29) is 0 Å². The van der Waals surface area contributed by atoms with Crippen LogP contribution in [-0.4, -0.2) is 9.97 Å². The summed E-state index contributed by atoms with van der Waals surface area (Å²) in [5.41, 5.74) is 4.61. The first-order valence-corrected chi connectivity index (χ1v) is 6.17. The summed E-state index contributed by atoms with van der Waals surface area (Å²) in [7, 11) is 0. The number of nitrogens with zero attached hydrogens (tertiary/aromatic N) is 2. The molecule has 0 saturated carbocycles. The lowest BCUT2D eigenvalue weighted by Gasteiger charge is -2.06. The van der Waals surface area contributed by atoms with Gasteiger partial charge in [0.2, 0.25) is 0 Å². The SMILES string of the molecule is CCc1cc(NN)nc(Cc2cccc(Cl)c2)n1. The Morgan fingerprint density at radius 1 is 1.28 bits per heavy atom. The van der Waals surface area contributed by atoms with Crippen LogP contribution in [0.5, 0.6) is 0 Å². The van der Waals surface area contributed by atoms with E-state index >= 15 is 0 Å². The Morgan fingerprint density at radius 3 is 2.78 bits per heavy atom. The maximum atomic E-state index is 5.96. The first kappa shape index (κ1) is 12.8. The van der Waals surface area contributed by atoms with Crippen molar-refractivity contribution in [3.8, 4) is 0 Å². The van der Waals surface area contributed by atoms with Crippen molar-refractivity contribution in [3.63, 3.8) is 0 Å². The molecule has 0 amide bonds.